The van der Waals surface area contributed by atoms with Crippen molar-refractivity contribution in [3.63, 3.8) is 0 Å². The Balaban J connectivity index is 1.62. The molecule has 0 spiro atoms. The molecule has 3 aromatic heterocycles. The van der Waals surface area contributed by atoms with E-state index in [1.54, 1.807) is 24.5 Å². The molecule has 4 heterocycles. The lowest BCUT2D eigenvalue weighted by Crippen LogP contribution is -2.34. The standard InChI is InChI=1S/C25H29ClN8O2/c1-4-33(5-2)11-10-29-23(35)18-13-30-19(15(18)3)12-17-20-21(26)31-25(27)32-22(20)34(24(17)36)14-16-8-6-7-9-28-16/h6-9,12-13,30H,4-5,10-11,14H2,1-3H3,(H,29,35)(H2,27,31,32). The van der Waals surface area contributed by atoms with Gasteiger partial charge >= 0.3 is 0 Å². The molecular weight excluding hydrogens is 480 g/mol. The second kappa shape index (κ2) is 10.9. The van der Waals surface area contributed by atoms with E-state index in [1.807, 2.05) is 19.1 Å². The van der Waals surface area contributed by atoms with Crippen LogP contribution in [0.3, 0.4) is 0 Å². The van der Waals surface area contributed by atoms with E-state index in [0.717, 1.165) is 19.6 Å². The summed E-state index contributed by atoms with van der Waals surface area (Å²) in [7, 11) is 0. The zero-order chi connectivity index (χ0) is 25.8. The summed E-state index contributed by atoms with van der Waals surface area (Å²) < 4.78 is 0. The number of anilines is 2. The summed E-state index contributed by atoms with van der Waals surface area (Å²) in [6.07, 6.45) is 4.97. The van der Waals surface area contributed by atoms with Gasteiger partial charge in [0.05, 0.1) is 28.9 Å². The Kier molecular flexibility index (Phi) is 7.66. The molecule has 0 aromatic carbocycles. The number of hydrogen-bond donors (Lipinski definition) is 3. The van der Waals surface area contributed by atoms with Crippen molar-refractivity contribution in [1.29, 1.82) is 0 Å². The third-order valence-corrected chi connectivity index (χ3v) is 6.50. The topological polar surface area (TPSA) is 133 Å². The summed E-state index contributed by atoms with van der Waals surface area (Å²) in [5, 5.41) is 3.04. The van der Waals surface area contributed by atoms with Gasteiger partial charge in [0.1, 0.15) is 5.15 Å². The van der Waals surface area contributed by atoms with Crippen LogP contribution in [-0.2, 0) is 11.3 Å². The maximum absolute atomic E-state index is 13.5. The van der Waals surface area contributed by atoms with E-state index in [4.69, 9.17) is 17.3 Å². The van der Waals surface area contributed by atoms with Crippen molar-refractivity contribution in [2.24, 2.45) is 0 Å². The average molecular weight is 509 g/mol. The van der Waals surface area contributed by atoms with E-state index in [2.05, 4.69) is 44.0 Å². The van der Waals surface area contributed by atoms with Gasteiger partial charge in [-0.2, -0.15) is 4.98 Å². The summed E-state index contributed by atoms with van der Waals surface area (Å²) in [5.41, 5.74) is 9.07. The van der Waals surface area contributed by atoms with Gasteiger partial charge in [0.25, 0.3) is 11.8 Å². The third-order valence-electron chi connectivity index (χ3n) is 6.23. The van der Waals surface area contributed by atoms with Gasteiger partial charge in [0.15, 0.2) is 5.82 Å². The molecule has 1 aliphatic rings. The van der Waals surface area contributed by atoms with Crippen LogP contribution in [0.1, 0.15) is 46.7 Å². The number of nitrogens with zero attached hydrogens (tertiary/aromatic N) is 5. The number of nitrogens with one attached hydrogen (secondary N) is 2. The number of rotatable bonds is 9. The van der Waals surface area contributed by atoms with Crippen LogP contribution < -0.4 is 16.0 Å². The van der Waals surface area contributed by atoms with E-state index in [0.29, 0.717) is 46.0 Å². The highest BCUT2D eigenvalue weighted by molar-refractivity contribution is 6.41. The molecule has 4 N–H and O–H groups in total. The number of halogens is 1. The quantitative estimate of drug-likeness (QED) is 0.299. The SMILES string of the molecule is CCN(CC)CCNC(=O)c1c[nH]c(C=C2C(=O)N(Cc3ccccn3)c3nc(N)nc(Cl)c32)c1C. The molecule has 11 heteroatoms. The second-order valence-electron chi connectivity index (χ2n) is 8.37. The molecule has 4 rings (SSSR count). The predicted octanol–water partition coefficient (Wildman–Crippen LogP) is 2.90. The lowest BCUT2D eigenvalue weighted by atomic mass is 10.1. The monoisotopic (exact) mass is 508 g/mol. The van der Waals surface area contributed by atoms with Crippen LogP contribution in [0.25, 0.3) is 11.6 Å². The second-order valence-corrected chi connectivity index (χ2v) is 8.72. The van der Waals surface area contributed by atoms with Crippen LogP contribution in [-0.4, -0.2) is 62.8 Å². The van der Waals surface area contributed by atoms with E-state index in [1.165, 1.54) is 4.90 Å². The van der Waals surface area contributed by atoms with Crippen LogP contribution in [0.15, 0.2) is 30.6 Å². The van der Waals surface area contributed by atoms with Crippen molar-refractivity contribution in [2.45, 2.75) is 27.3 Å². The van der Waals surface area contributed by atoms with Gasteiger partial charge in [-0.3, -0.25) is 19.5 Å². The van der Waals surface area contributed by atoms with Crippen LogP contribution >= 0.6 is 11.6 Å². The largest absolute Gasteiger partial charge is 0.368 e. The Morgan fingerprint density at radius 1 is 1.28 bits per heavy atom. The molecule has 0 saturated heterocycles. The van der Waals surface area contributed by atoms with E-state index in [-0.39, 0.29) is 29.5 Å². The molecule has 10 nitrogen and oxygen atoms in total. The molecule has 0 saturated carbocycles. The number of H-pyrrole nitrogens is 1. The number of nitrogen functional groups attached to an aromatic ring is 1. The first kappa shape index (κ1) is 25.3. The fourth-order valence-corrected chi connectivity index (χ4v) is 4.42. The normalized spacial score (nSPS) is 14.1. The maximum Gasteiger partial charge on any atom is 0.260 e. The first-order valence-corrected chi connectivity index (χ1v) is 12.2. The molecule has 36 heavy (non-hydrogen) atoms. The van der Waals surface area contributed by atoms with Crippen molar-refractivity contribution >= 4 is 46.8 Å². The number of pyridine rings is 1. The van der Waals surface area contributed by atoms with Crippen molar-refractivity contribution in [3.05, 3.63) is 63.8 Å². The number of fused-ring (bicyclic) bond motifs is 1. The maximum atomic E-state index is 13.5. The zero-order valence-corrected chi connectivity index (χ0v) is 21.3. The smallest absolute Gasteiger partial charge is 0.260 e. The fraction of sp³-hybridized carbons (Fsp3) is 0.320. The molecule has 0 unspecified atom stereocenters. The fourth-order valence-electron chi connectivity index (χ4n) is 4.15. The number of carbonyl (C=O) groups excluding carboxylic acids is 2. The summed E-state index contributed by atoms with van der Waals surface area (Å²) in [4.78, 5) is 45.8. The molecule has 0 radical (unpaired) electrons. The summed E-state index contributed by atoms with van der Waals surface area (Å²) in [5.74, 6) is -0.187. The lowest BCUT2D eigenvalue weighted by molar-refractivity contribution is -0.113. The molecular formula is C25H29ClN8O2. The minimum absolute atomic E-state index is 0.0291. The Morgan fingerprint density at radius 2 is 2.06 bits per heavy atom. The highest BCUT2D eigenvalue weighted by atomic mass is 35.5. The average Bonchev–Trinajstić information content (AvgIpc) is 3.35. The molecule has 0 bridgehead atoms. The van der Waals surface area contributed by atoms with Crippen LogP contribution in [0.5, 0.6) is 0 Å². The van der Waals surface area contributed by atoms with Crippen LogP contribution in [0, 0.1) is 6.92 Å². The van der Waals surface area contributed by atoms with Gasteiger partial charge in [0.2, 0.25) is 5.95 Å². The zero-order valence-electron chi connectivity index (χ0n) is 20.5. The Hall–Kier alpha value is -3.76. The van der Waals surface area contributed by atoms with Crippen molar-refractivity contribution in [2.75, 3.05) is 36.8 Å². The lowest BCUT2D eigenvalue weighted by Gasteiger charge is -2.17. The van der Waals surface area contributed by atoms with Gasteiger partial charge in [-0.05, 0) is 43.8 Å². The van der Waals surface area contributed by atoms with E-state index in [9.17, 15) is 9.59 Å². The van der Waals surface area contributed by atoms with Gasteiger partial charge in [-0.15, -0.1) is 0 Å². The molecule has 2 amide bonds. The van der Waals surface area contributed by atoms with Crippen molar-refractivity contribution in [1.82, 2.24) is 30.2 Å². The molecule has 0 atom stereocenters. The number of nitrogens with two attached hydrogens (primary N) is 1. The summed E-state index contributed by atoms with van der Waals surface area (Å²) >= 11 is 6.43. The minimum Gasteiger partial charge on any atom is -0.368 e. The van der Waals surface area contributed by atoms with Gasteiger partial charge in [0, 0.05) is 31.2 Å². The Labute approximate surface area is 214 Å². The van der Waals surface area contributed by atoms with Crippen LogP contribution in [0.4, 0.5) is 11.8 Å². The first-order chi connectivity index (χ1) is 17.3. The molecule has 0 fully saturated rings. The molecule has 1 aliphatic heterocycles. The predicted molar refractivity (Wildman–Crippen MR) is 140 cm³/mol. The summed E-state index contributed by atoms with van der Waals surface area (Å²) in [6.45, 7) is 9.38. The third kappa shape index (κ3) is 5.09. The molecule has 3 aromatic rings. The molecule has 188 valence electrons. The number of aromatic nitrogens is 4. The van der Waals surface area contributed by atoms with E-state index < -0.39 is 0 Å². The number of hydrogen-bond acceptors (Lipinski definition) is 7. The molecule has 0 aliphatic carbocycles. The Morgan fingerprint density at radius 3 is 2.75 bits per heavy atom. The first-order valence-electron chi connectivity index (χ1n) is 11.8. The number of amides is 2. The van der Waals surface area contributed by atoms with Gasteiger partial charge in [-0.25, -0.2) is 4.98 Å². The van der Waals surface area contributed by atoms with E-state index >= 15 is 0 Å². The number of carbonyl (C=O) groups is 2. The minimum atomic E-state index is -0.309. The van der Waals surface area contributed by atoms with Crippen molar-refractivity contribution < 1.29 is 9.59 Å². The Bertz CT molecular complexity index is 1300. The van der Waals surface area contributed by atoms with Crippen molar-refractivity contribution in [3.8, 4) is 0 Å². The highest BCUT2D eigenvalue weighted by Gasteiger charge is 2.37. The van der Waals surface area contributed by atoms with Gasteiger partial charge in [-0.1, -0.05) is 31.5 Å². The number of likely N-dealkylation sites (N-methyl/N-ethyl adjacent to an activating group) is 1. The highest BCUT2D eigenvalue weighted by Crippen LogP contribution is 2.41. The number of aromatic amines is 1. The summed E-state index contributed by atoms with van der Waals surface area (Å²) in [6, 6.07) is 5.47. The van der Waals surface area contributed by atoms with Gasteiger partial charge < -0.3 is 20.9 Å². The van der Waals surface area contributed by atoms with Crippen LogP contribution in [0.2, 0.25) is 5.15 Å².